The van der Waals surface area contributed by atoms with Crippen LogP contribution in [0.15, 0.2) is 0 Å². The van der Waals surface area contributed by atoms with E-state index in [0.29, 0.717) is 25.9 Å². The molecule has 1 saturated heterocycles. The fourth-order valence-corrected chi connectivity index (χ4v) is 2.85. The van der Waals surface area contributed by atoms with Crippen molar-refractivity contribution in [1.29, 1.82) is 0 Å². The second-order valence-corrected chi connectivity index (χ2v) is 6.58. The van der Waals surface area contributed by atoms with Crippen LogP contribution in [0.5, 0.6) is 0 Å². The molecule has 1 fully saturated rings. The van der Waals surface area contributed by atoms with Crippen LogP contribution in [0.1, 0.15) is 12.8 Å². The number of hydrogen-bond donors (Lipinski definition) is 2. The summed E-state index contributed by atoms with van der Waals surface area (Å²) < 4.78 is 29.5. The Balaban J connectivity index is 2.60. The SMILES string of the molecule is COC1(CNC(=O)C(N)=O)CCN(S(C)(=O)=O)CC1. The molecule has 1 heterocycles. The minimum atomic E-state index is -3.21. The lowest BCUT2D eigenvalue weighted by atomic mass is 9.92. The lowest BCUT2D eigenvalue weighted by Crippen LogP contribution is -2.54. The number of carbonyl (C=O) groups excluding carboxylic acids is 2. The number of nitrogens with one attached hydrogen (secondary N) is 1. The molecule has 1 aliphatic rings. The average molecular weight is 293 g/mol. The lowest BCUT2D eigenvalue weighted by Gasteiger charge is -2.39. The van der Waals surface area contributed by atoms with Gasteiger partial charge in [0.15, 0.2) is 0 Å². The Bertz CT molecular complexity index is 454. The molecule has 0 aliphatic carbocycles. The monoisotopic (exact) mass is 293 g/mol. The zero-order valence-electron chi connectivity index (χ0n) is 11.0. The van der Waals surface area contributed by atoms with Gasteiger partial charge in [-0.2, -0.15) is 0 Å². The predicted octanol–water partition coefficient (Wildman–Crippen LogP) is -1.97. The summed E-state index contributed by atoms with van der Waals surface area (Å²) in [6.07, 6.45) is 2.03. The number of primary amides is 1. The fourth-order valence-electron chi connectivity index (χ4n) is 2.01. The van der Waals surface area contributed by atoms with Gasteiger partial charge in [0.05, 0.1) is 11.9 Å². The predicted molar refractivity (Wildman–Crippen MR) is 67.6 cm³/mol. The third-order valence-corrected chi connectivity index (χ3v) is 4.63. The molecular formula is C10H19N3O5S. The second-order valence-electron chi connectivity index (χ2n) is 4.60. The highest BCUT2D eigenvalue weighted by atomic mass is 32.2. The molecule has 110 valence electrons. The number of nitrogens with zero attached hydrogens (tertiary/aromatic N) is 1. The average Bonchev–Trinajstić information content (AvgIpc) is 2.35. The van der Waals surface area contributed by atoms with Gasteiger partial charge in [0.1, 0.15) is 0 Å². The van der Waals surface area contributed by atoms with E-state index in [9.17, 15) is 18.0 Å². The number of carbonyl (C=O) groups is 2. The van der Waals surface area contributed by atoms with Gasteiger partial charge in [-0.1, -0.05) is 0 Å². The largest absolute Gasteiger partial charge is 0.376 e. The summed E-state index contributed by atoms with van der Waals surface area (Å²) in [7, 11) is -1.72. The van der Waals surface area contributed by atoms with Gasteiger partial charge in [-0.05, 0) is 12.8 Å². The molecule has 0 radical (unpaired) electrons. The molecule has 0 spiro atoms. The maximum atomic E-state index is 11.4. The summed E-state index contributed by atoms with van der Waals surface area (Å²) >= 11 is 0. The number of nitrogens with two attached hydrogens (primary N) is 1. The standard InChI is InChI=1S/C10H19N3O5S/c1-18-10(7-12-9(15)8(11)14)3-5-13(6-4-10)19(2,16)17/h3-7H2,1-2H3,(H2,11,14)(H,12,15). The third kappa shape index (κ3) is 4.15. The van der Waals surface area contributed by atoms with Crippen LogP contribution in [0.2, 0.25) is 0 Å². The van der Waals surface area contributed by atoms with E-state index < -0.39 is 27.4 Å². The first-order valence-corrected chi connectivity index (χ1v) is 7.63. The number of sulfonamides is 1. The van der Waals surface area contributed by atoms with Gasteiger partial charge in [0, 0.05) is 26.7 Å². The van der Waals surface area contributed by atoms with Gasteiger partial charge in [-0.15, -0.1) is 0 Å². The van der Waals surface area contributed by atoms with Crippen LogP contribution >= 0.6 is 0 Å². The number of hydrogen-bond acceptors (Lipinski definition) is 5. The van der Waals surface area contributed by atoms with Crippen molar-refractivity contribution in [2.45, 2.75) is 18.4 Å². The highest BCUT2D eigenvalue weighted by Gasteiger charge is 2.37. The number of rotatable bonds is 4. The number of piperidine rings is 1. The lowest BCUT2D eigenvalue weighted by molar-refractivity contribution is -0.138. The Morgan fingerprint density at radius 2 is 1.89 bits per heavy atom. The minimum absolute atomic E-state index is 0.128. The Morgan fingerprint density at radius 1 is 1.37 bits per heavy atom. The first kappa shape index (κ1) is 15.9. The van der Waals surface area contributed by atoms with Crippen molar-refractivity contribution in [2.24, 2.45) is 5.73 Å². The topological polar surface area (TPSA) is 119 Å². The number of amides is 2. The molecule has 0 atom stereocenters. The third-order valence-electron chi connectivity index (χ3n) is 3.33. The molecular weight excluding hydrogens is 274 g/mol. The quantitative estimate of drug-likeness (QED) is 0.583. The second kappa shape index (κ2) is 5.85. The maximum Gasteiger partial charge on any atom is 0.309 e. The van der Waals surface area contributed by atoms with Crippen molar-refractivity contribution < 1.29 is 22.7 Å². The van der Waals surface area contributed by atoms with Crippen LogP contribution in [-0.2, 0) is 24.3 Å². The van der Waals surface area contributed by atoms with Crippen molar-refractivity contribution in [1.82, 2.24) is 9.62 Å². The molecule has 0 saturated carbocycles. The maximum absolute atomic E-state index is 11.4. The summed E-state index contributed by atoms with van der Waals surface area (Å²) in [6, 6.07) is 0. The van der Waals surface area contributed by atoms with Crippen molar-refractivity contribution in [3.8, 4) is 0 Å². The Kier molecular flexibility index (Phi) is 4.88. The van der Waals surface area contributed by atoms with Gasteiger partial charge in [-0.3, -0.25) is 9.59 Å². The van der Waals surface area contributed by atoms with E-state index in [-0.39, 0.29) is 6.54 Å². The summed E-state index contributed by atoms with van der Waals surface area (Å²) in [5.74, 6) is -1.93. The van der Waals surface area contributed by atoms with E-state index in [1.54, 1.807) is 0 Å². The molecule has 0 aromatic carbocycles. The summed E-state index contributed by atoms with van der Waals surface area (Å²) in [4.78, 5) is 21.7. The molecule has 0 aromatic rings. The Labute approximate surface area is 112 Å². The van der Waals surface area contributed by atoms with E-state index in [1.165, 1.54) is 11.4 Å². The molecule has 1 aliphatic heterocycles. The van der Waals surface area contributed by atoms with Crippen LogP contribution in [0.25, 0.3) is 0 Å². The Morgan fingerprint density at radius 3 is 2.26 bits per heavy atom. The number of ether oxygens (including phenoxy) is 1. The minimum Gasteiger partial charge on any atom is -0.376 e. The molecule has 3 N–H and O–H groups in total. The van der Waals surface area contributed by atoms with Crippen molar-refractivity contribution in [3.05, 3.63) is 0 Å². The highest BCUT2D eigenvalue weighted by Crippen LogP contribution is 2.26. The van der Waals surface area contributed by atoms with E-state index in [2.05, 4.69) is 5.32 Å². The molecule has 0 bridgehead atoms. The summed E-state index contributed by atoms with van der Waals surface area (Å²) in [6.45, 7) is 0.765. The fraction of sp³-hybridized carbons (Fsp3) is 0.800. The van der Waals surface area contributed by atoms with Gasteiger partial charge < -0.3 is 15.8 Å². The van der Waals surface area contributed by atoms with Crippen LogP contribution < -0.4 is 11.1 Å². The van der Waals surface area contributed by atoms with Crippen molar-refractivity contribution >= 4 is 21.8 Å². The van der Waals surface area contributed by atoms with E-state index in [0.717, 1.165) is 6.26 Å². The summed E-state index contributed by atoms with van der Waals surface area (Å²) in [5, 5.41) is 2.39. The van der Waals surface area contributed by atoms with E-state index >= 15 is 0 Å². The first-order chi connectivity index (χ1) is 8.70. The zero-order chi connectivity index (χ0) is 14.7. The normalized spacial score (nSPS) is 19.9. The van der Waals surface area contributed by atoms with Gasteiger partial charge in [-0.25, -0.2) is 12.7 Å². The number of methoxy groups -OCH3 is 1. The van der Waals surface area contributed by atoms with Crippen LogP contribution in [0.3, 0.4) is 0 Å². The zero-order valence-corrected chi connectivity index (χ0v) is 11.8. The Hall–Kier alpha value is -1.19. The van der Waals surface area contributed by atoms with Crippen molar-refractivity contribution in [3.63, 3.8) is 0 Å². The first-order valence-electron chi connectivity index (χ1n) is 5.78. The van der Waals surface area contributed by atoms with E-state index in [4.69, 9.17) is 10.5 Å². The molecule has 2 amide bonds. The van der Waals surface area contributed by atoms with E-state index in [1.807, 2.05) is 0 Å². The smallest absolute Gasteiger partial charge is 0.309 e. The van der Waals surface area contributed by atoms with Gasteiger partial charge >= 0.3 is 11.8 Å². The summed E-state index contributed by atoms with van der Waals surface area (Å²) in [5.41, 5.74) is 4.18. The molecule has 1 rings (SSSR count). The molecule has 19 heavy (non-hydrogen) atoms. The van der Waals surface area contributed by atoms with Crippen LogP contribution in [0.4, 0.5) is 0 Å². The highest BCUT2D eigenvalue weighted by molar-refractivity contribution is 7.88. The molecule has 0 unspecified atom stereocenters. The molecule has 8 nitrogen and oxygen atoms in total. The van der Waals surface area contributed by atoms with Gasteiger partial charge in [0.25, 0.3) is 0 Å². The molecule has 0 aromatic heterocycles. The van der Waals surface area contributed by atoms with Crippen molar-refractivity contribution in [2.75, 3.05) is 33.0 Å². The molecule has 9 heteroatoms. The van der Waals surface area contributed by atoms with Gasteiger partial charge in [0.2, 0.25) is 10.0 Å². The van der Waals surface area contributed by atoms with Crippen LogP contribution in [-0.4, -0.2) is 63.1 Å². The van der Waals surface area contributed by atoms with Crippen LogP contribution in [0, 0.1) is 0 Å².